The molecule has 1 heterocycles. The first-order valence-electron chi connectivity index (χ1n) is 6.12. The van der Waals surface area contributed by atoms with Crippen LogP contribution in [-0.2, 0) is 16.1 Å². The Morgan fingerprint density at radius 2 is 2.05 bits per heavy atom. The number of benzene rings is 1. The molecule has 1 unspecified atom stereocenters. The first-order valence-corrected chi connectivity index (χ1v) is 7.25. The highest BCUT2D eigenvalue weighted by atomic mass is 35.6. The third-order valence-corrected chi connectivity index (χ3v) is 3.09. The van der Waals surface area contributed by atoms with E-state index in [1.54, 1.807) is 0 Å². The van der Waals surface area contributed by atoms with Gasteiger partial charge in [0.2, 0.25) is 5.90 Å². The minimum Gasteiger partial charge on any atom is -0.475 e. The van der Waals surface area contributed by atoms with Gasteiger partial charge in [0.05, 0.1) is 13.2 Å². The second-order valence-electron chi connectivity index (χ2n) is 4.24. The third kappa shape index (κ3) is 4.98. The zero-order chi connectivity index (χ0) is 14.4. The molecule has 0 N–H and O–H groups in total. The monoisotopic (exact) mass is 333 g/mol. The third-order valence-electron chi connectivity index (χ3n) is 2.60. The van der Waals surface area contributed by atoms with Crippen molar-refractivity contribution in [2.75, 3.05) is 13.2 Å². The van der Waals surface area contributed by atoms with Crippen LogP contribution in [0.15, 0.2) is 47.5 Å². The lowest BCUT2D eigenvalue weighted by Crippen LogP contribution is -2.18. The summed E-state index contributed by atoms with van der Waals surface area (Å²) in [5, 5.41) is 0. The molecule has 0 spiro atoms. The fourth-order valence-corrected chi connectivity index (χ4v) is 1.98. The Labute approximate surface area is 133 Å². The second kappa shape index (κ2) is 7.32. The molecule has 0 aliphatic carbocycles. The number of hydrogen-bond donors (Lipinski definition) is 0. The zero-order valence-electron chi connectivity index (χ0n) is 10.6. The van der Waals surface area contributed by atoms with Gasteiger partial charge in [-0.2, -0.15) is 0 Å². The normalized spacial score (nSPS) is 19.1. The van der Waals surface area contributed by atoms with Crippen molar-refractivity contribution in [2.45, 2.75) is 16.4 Å². The number of hydrogen-bond acceptors (Lipinski definition) is 3. The Balaban J connectivity index is 1.71. The zero-order valence-corrected chi connectivity index (χ0v) is 12.9. The van der Waals surface area contributed by atoms with E-state index in [0.29, 0.717) is 19.8 Å². The molecule has 1 atom stereocenters. The van der Waals surface area contributed by atoms with Crippen LogP contribution in [0.5, 0.6) is 0 Å². The molecule has 20 heavy (non-hydrogen) atoms. The lowest BCUT2D eigenvalue weighted by atomic mass is 10.2. The molecule has 0 amide bonds. The van der Waals surface area contributed by atoms with Crippen LogP contribution in [0.3, 0.4) is 0 Å². The lowest BCUT2D eigenvalue weighted by Gasteiger charge is -2.08. The van der Waals surface area contributed by atoms with Gasteiger partial charge in [0.15, 0.2) is 0 Å². The standard InChI is InChI=1S/C14H14Cl3NO2/c15-14(16,17)13-18-12(10-20-13)7-4-8-19-9-11-5-2-1-3-6-11/h1-7,12H,8-10H2/b7-4+. The highest BCUT2D eigenvalue weighted by molar-refractivity contribution is 6.76. The van der Waals surface area contributed by atoms with E-state index >= 15 is 0 Å². The first kappa shape index (κ1) is 15.6. The van der Waals surface area contributed by atoms with Crippen LogP contribution in [0.4, 0.5) is 0 Å². The van der Waals surface area contributed by atoms with Gasteiger partial charge in [0.1, 0.15) is 12.6 Å². The minimum absolute atomic E-state index is 0.124. The van der Waals surface area contributed by atoms with Crippen molar-refractivity contribution in [3.8, 4) is 0 Å². The highest BCUT2D eigenvalue weighted by Gasteiger charge is 2.34. The Kier molecular flexibility index (Phi) is 5.73. The van der Waals surface area contributed by atoms with Crippen molar-refractivity contribution in [1.82, 2.24) is 0 Å². The van der Waals surface area contributed by atoms with Crippen molar-refractivity contribution in [2.24, 2.45) is 4.99 Å². The second-order valence-corrected chi connectivity index (χ2v) is 6.52. The molecule has 2 rings (SSSR count). The predicted octanol–water partition coefficient (Wildman–Crippen LogP) is 3.93. The average Bonchev–Trinajstić information content (AvgIpc) is 2.88. The molecule has 1 aliphatic heterocycles. The van der Waals surface area contributed by atoms with Gasteiger partial charge in [0, 0.05) is 0 Å². The van der Waals surface area contributed by atoms with E-state index in [0.717, 1.165) is 5.56 Å². The van der Waals surface area contributed by atoms with Crippen molar-refractivity contribution >= 4 is 40.7 Å². The lowest BCUT2D eigenvalue weighted by molar-refractivity contribution is 0.148. The number of halogens is 3. The fourth-order valence-electron chi connectivity index (χ4n) is 1.67. The molecule has 108 valence electrons. The molecule has 6 heteroatoms. The summed E-state index contributed by atoms with van der Waals surface area (Å²) < 4.78 is 9.15. The van der Waals surface area contributed by atoms with Gasteiger partial charge in [-0.25, -0.2) is 4.99 Å². The van der Waals surface area contributed by atoms with Crippen molar-refractivity contribution < 1.29 is 9.47 Å². The fraction of sp³-hybridized carbons (Fsp3) is 0.357. The molecule has 1 aromatic rings. The largest absolute Gasteiger partial charge is 0.475 e. The highest BCUT2D eigenvalue weighted by Crippen LogP contribution is 2.31. The molecule has 3 nitrogen and oxygen atoms in total. The molecule has 0 bridgehead atoms. The van der Waals surface area contributed by atoms with E-state index < -0.39 is 3.79 Å². The summed E-state index contributed by atoms with van der Waals surface area (Å²) >= 11 is 17.0. The summed E-state index contributed by atoms with van der Waals surface area (Å²) in [5.41, 5.74) is 1.14. The molecule has 0 aromatic heterocycles. The maximum absolute atomic E-state index is 5.68. The summed E-state index contributed by atoms with van der Waals surface area (Å²) in [4.78, 5) is 4.17. The summed E-state index contributed by atoms with van der Waals surface area (Å²) in [6, 6.07) is 9.86. The quantitative estimate of drug-likeness (QED) is 0.464. The van der Waals surface area contributed by atoms with Gasteiger partial charge in [-0.15, -0.1) is 0 Å². The van der Waals surface area contributed by atoms with E-state index in [1.807, 2.05) is 42.5 Å². The molecule has 1 aliphatic rings. The Morgan fingerprint density at radius 1 is 1.30 bits per heavy atom. The summed E-state index contributed by atoms with van der Waals surface area (Å²) in [6.07, 6.45) is 3.77. The van der Waals surface area contributed by atoms with Crippen LogP contribution in [0.2, 0.25) is 0 Å². The van der Waals surface area contributed by atoms with Gasteiger partial charge in [-0.3, -0.25) is 0 Å². The van der Waals surface area contributed by atoms with Crippen molar-refractivity contribution in [3.63, 3.8) is 0 Å². The van der Waals surface area contributed by atoms with Gasteiger partial charge in [-0.05, 0) is 5.56 Å². The summed E-state index contributed by atoms with van der Waals surface area (Å²) in [5.74, 6) is 0.141. The maximum atomic E-state index is 5.68. The van der Waals surface area contributed by atoms with E-state index in [1.165, 1.54) is 0 Å². The molecule has 0 fully saturated rings. The van der Waals surface area contributed by atoms with Crippen molar-refractivity contribution in [3.05, 3.63) is 48.0 Å². The molecule has 1 aromatic carbocycles. The average molecular weight is 335 g/mol. The van der Waals surface area contributed by atoms with Gasteiger partial charge in [-0.1, -0.05) is 77.3 Å². The summed E-state index contributed by atoms with van der Waals surface area (Å²) in [6.45, 7) is 1.47. The number of ether oxygens (including phenoxy) is 2. The van der Waals surface area contributed by atoms with E-state index in [9.17, 15) is 0 Å². The minimum atomic E-state index is -1.59. The topological polar surface area (TPSA) is 30.8 Å². The number of rotatable bonds is 5. The van der Waals surface area contributed by atoms with Crippen LogP contribution >= 0.6 is 34.8 Å². The number of alkyl halides is 3. The van der Waals surface area contributed by atoms with Crippen LogP contribution in [-0.4, -0.2) is 28.9 Å². The molecule has 0 radical (unpaired) electrons. The van der Waals surface area contributed by atoms with Gasteiger partial charge in [0.25, 0.3) is 3.79 Å². The summed E-state index contributed by atoms with van der Waals surface area (Å²) in [7, 11) is 0. The Hall–Kier alpha value is -0.740. The van der Waals surface area contributed by atoms with E-state index in [2.05, 4.69) is 4.99 Å². The van der Waals surface area contributed by atoms with Crippen LogP contribution in [0.1, 0.15) is 5.56 Å². The molecule has 0 saturated heterocycles. The van der Waals surface area contributed by atoms with E-state index in [-0.39, 0.29) is 11.9 Å². The maximum Gasteiger partial charge on any atom is 0.266 e. The number of nitrogens with zero attached hydrogens (tertiary/aromatic N) is 1. The van der Waals surface area contributed by atoms with Crippen molar-refractivity contribution in [1.29, 1.82) is 0 Å². The Morgan fingerprint density at radius 3 is 2.70 bits per heavy atom. The first-order chi connectivity index (χ1) is 9.55. The van der Waals surface area contributed by atoms with Gasteiger partial charge >= 0.3 is 0 Å². The smallest absolute Gasteiger partial charge is 0.266 e. The Bertz CT molecular complexity index is 483. The predicted molar refractivity (Wildman–Crippen MR) is 82.7 cm³/mol. The molecular formula is C14H14Cl3NO2. The van der Waals surface area contributed by atoms with Crippen LogP contribution in [0, 0.1) is 0 Å². The van der Waals surface area contributed by atoms with Crippen LogP contribution < -0.4 is 0 Å². The van der Waals surface area contributed by atoms with E-state index in [4.69, 9.17) is 44.3 Å². The molecular weight excluding hydrogens is 321 g/mol. The SMILES string of the molecule is ClC(Cl)(Cl)C1=NC(/C=C/COCc2ccccc2)CO1. The van der Waals surface area contributed by atoms with Crippen LogP contribution in [0.25, 0.3) is 0 Å². The van der Waals surface area contributed by atoms with Gasteiger partial charge < -0.3 is 9.47 Å². The number of aliphatic imine (C=N–C) groups is 1. The molecule has 0 saturated carbocycles.